The normalized spacial score (nSPS) is 18.9. The van der Waals surface area contributed by atoms with E-state index < -0.39 is 0 Å². The van der Waals surface area contributed by atoms with E-state index in [0.717, 1.165) is 17.5 Å². The second-order valence-electron chi connectivity index (χ2n) is 7.71. The van der Waals surface area contributed by atoms with Crippen molar-refractivity contribution in [2.45, 2.75) is 38.8 Å². The molecule has 0 bridgehead atoms. The van der Waals surface area contributed by atoms with Gasteiger partial charge in [0.2, 0.25) is 5.89 Å². The molecule has 0 radical (unpaired) electrons. The maximum Gasteiger partial charge on any atom is 0.276 e. The number of rotatable bonds is 4. The molecule has 0 saturated carbocycles. The van der Waals surface area contributed by atoms with Crippen molar-refractivity contribution < 1.29 is 9.26 Å². The van der Waals surface area contributed by atoms with Gasteiger partial charge in [-0.2, -0.15) is 10.1 Å². The van der Waals surface area contributed by atoms with Gasteiger partial charge in [0.1, 0.15) is 6.54 Å². The Balaban J connectivity index is 1.34. The molecule has 8 nitrogen and oxygen atoms in total. The van der Waals surface area contributed by atoms with E-state index >= 15 is 0 Å². The Bertz CT molecular complexity index is 1260. The standard InChI is InChI=1S/C22H21N5O3/c1-13-3-5-15(6-4-13)18-9-16(12-29-18)21-25-19(30-26-21)11-27-22(28)20-14(2)7-8-23-17(20)10-24-27/h3-8,10,16,18H,9,11-12H2,1-2H3/t16-,18+/m0/s1. The van der Waals surface area contributed by atoms with Gasteiger partial charge in [-0.15, -0.1) is 0 Å². The SMILES string of the molecule is Cc1ccc([C@H]2C[C@H](c3noc(Cn4ncc5nccc(C)c5c4=O)n3)CO2)cc1. The Morgan fingerprint density at radius 3 is 2.83 bits per heavy atom. The minimum atomic E-state index is -0.221. The van der Waals surface area contributed by atoms with Crippen LogP contribution in [0.5, 0.6) is 0 Å². The average Bonchev–Trinajstić information content (AvgIpc) is 3.40. The third-order valence-electron chi connectivity index (χ3n) is 5.54. The molecule has 4 aromatic rings. The number of nitrogens with zero attached hydrogens (tertiary/aromatic N) is 5. The van der Waals surface area contributed by atoms with Gasteiger partial charge in [0.15, 0.2) is 5.82 Å². The lowest BCUT2D eigenvalue weighted by atomic mass is 9.99. The van der Waals surface area contributed by atoms with Gasteiger partial charge in [-0.25, -0.2) is 4.68 Å². The molecule has 1 saturated heterocycles. The molecule has 1 aliphatic rings. The summed E-state index contributed by atoms with van der Waals surface area (Å²) in [6.07, 6.45) is 4.07. The Kier molecular flexibility index (Phi) is 4.63. The van der Waals surface area contributed by atoms with E-state index in [-0.39, 0.29) is 24.1 Å². The van der Waals surface area contributed by atoms with Crippen LogP contribution in [0.3, 0.4) is 0 Å². The topological polar surface area (TPSA) is 95.9 Å². The first-order valence-electron chi connectivity index (χ1n) is 9.90. The highest BCUT2D eigenvalue weighted by atomic mass is 16.5. The fraction of sp³-hybridized carbons (Fsp3) is 0.318. The van der Waals surface area contributed by atoms with Gasteiger partial charge < -0.3 is 9.26 Å². The van der Waals surface area contributed by atoms with Gasteiger partial charge in [-0.1, -0.05) is 35.0 Å². The van der Waals surface area contributed by atoms with E-state index in [1.54, 1.807) is 12.4 Å². The zero-order chi connectivity index (χ0) is 20.7. The molecule has 3 aromatic heterocycles. The van der Waals surface area contributed by atoms with Crippen LogP contribution < -0.4 is 5.56 Å². The predicted molar refractivity (Wildman–Crippen MR) is 109 cm³/mol. The van der Waals surface area contributed by atoms with Gasteiger partial charge in [0.05, 0.1) is 29.8 Å². The molecule has 1 fully saturated rings. The number of fused-ring (bicyclic) bond motifs is 1. The third-order valence-corrected chi connectivity index (χ3v) is 5.54. The summed E-state index contributed by atoms with van der Waals surface area (Å²) >= 11 is 0. The van der Waals surface area contributed by atoms with Crippen molar-refractivity contribution in [2.75, 3.05) is 6.61 Å². The second kappa shape index (κ2) is 7.46. The summed E-state index contributed by atoms with van der Waals surface area (Å²) in [6, 6.07) is 10.2. The highest BCUT2D eigenvalue weighted by Gasteiger charge is 2.31. The predicted octanol–water partition coefficient (Wildman–Crippen LogP) is 3.08. The van der Waals surface area contributed by atoms with E-state index in [4.69, 9.17) is 9.26 Å². The van der Waals surface area contributed by atoms with Crippen molar-refractivity contribution in [3.63, 3.8) is 0 Å². The summed E-state index contributed by atoms with van der Waals surface area (Å²) in [5.74, 6) is 1.01. The Hall–Kier alpha value is -3.39. The van der Waals surface area contributed by atoms with Gasteiger partial charge in [0, 0.05) is 12.1 Å². The largest absolute Gasteiger partial charge is 0.373 e. The van der Waals surface area contributed by atoms with Crippen molar-refractivity contribution in [2.24, 2.45) is 0 Å². The first kappa shape index (κ1) is 18.6. The fourth-order valence-electron chi connectivity index (χ4n) is 3.82. The zero-order valence-electron chi connectivity index (χ0n) is 16.8. The Labute approximate surface area is 172 Å². The zero-order valence-corrected chi connectivity index (χ0v) is 16.8. The number of hydrogen-bond acceptors (Lipinski definition) is 7. The molecule has 152 valence electrons. The first-order valence-corrected chi connectivity index (χ1v) is 9.90. The van der Waals surface area contributed by atoms with Gasteiger partial charge in [-0.3, -0.25) is 9.78 Å². The molecule has 30 heavy (non-hydrogen) atoms. The highest BCUT2D eigenvalue weighted by Crippen LogP contribution is 2.37. The lowest BCUT2D eigenvalue weighted by molar-refractivity contribution is 0.110. The van der Waals surface area contributed by atoms with Crippen LogP contribution in [0.25, 0.3) is 10.9 Å². The maximum atomic E-state index is 12.8. The van der Waals surface area contributed by atoms with Crippen LogP contribution in [0, 0.1) is 13.8 Å². The van der Waals surface area contributed by atoms with E-state index in [9.17, 15) is 4.79 Å². The number of hydrogen-bond donors (Lipinski definition) is 0. The minimum Gasteiger partial charge on any atom is -0.373 e. The number of pyridine rings is 1. The molecule has 2 atom stereocenters. The van der Waals surface area contributed by atoms with Crippen molar-refractivity contribution >= 4 is 10.9 Å². The first-order chi connectivity index (χ1) is 14.6. The lowest BCUT2D eigenvalue weighted by Crippen LogP contribution is -2.24. The van der Waals surface area contributed by atoms with Crippen LogP contribution in [-0.2, 0) is 11.3 Å². The smallest absolute Gasteiger partial charge is 0.276 e. The van der Waals surface area contributed by atoms with Crippen molar-refractivity contribution in [1.82, 2.24) is 24.9 Å². The summed E-state index contributed by atoms with van der Waals surface area (Å²) in [5.41, 5.74) is 3.59. The van der Waals surface area contributed by atoms with E-state index in [1.165, 1.54) is 10.2 Å². The van der Waals surface area contributed by atoms with E-state index in [0.29, 0.717) is 29.2 Å². The summed E-state index contributed by atoms with van der Waals surface area (Å²) in [5, 5.41) is 8.88. The van der Waals surface area contributed by atoms with Crippen LogP contribution in [0.15, 0.2) is 52.0 Å². The molecule has 0 spiro atoms. The fourth-order valence-corrected chi connectivity index (χ4v) is 3.82. The van der Waals surface area contributed by atoms with Crippen LogP contribution in [-0.4, -0.2) is 31.5 Å². The molecule has 0 N–H and O–H groups in total. The quantitative estimate of drug-likeness (QED) is 0.517. The average molecular weight is 403 g/mol. The third kappa shape index (κ3) is 3.39. The molecular formula is C22H21N5O3. The monoisotopic (exact) mass is 403 g/mol. The van der Waals surface area contributed by atoms with E-state index in [2.05, 4.69) is 51.4 Å². The summed E-state index contributed by atoms with van der Waals surface area (Å²) in [4.78, 5) is 21.5. The van der Waals surface area contributed by atoms with Crippen LogP contribution in [0.2, 0.25) is 0 Å². The number of aromatic nitrogens is 5. The molecule has 1 aromatic carbocycles. The number of benzene rings is 1. The lowest BCUT2D eigenvalue weighted by Gasteiger charge is -2.09. The maximum absolute atomic E-state index is 12.8. The molecule has 1 aliphatic heterocycles. The molecular weight excluding hydrogens is 382 g/mol. The molecule has 4 heterocycles. The van der Waals surface area contributed by atoms with E-state index in [1.807, 2.05) is 13.0 Å². The molecule has 5 rings (SSSR count). The molecule has 8 heteroatoms. The summed E-state index contributed by atoms with van der Waals surface area (Å²) in [6.45, 7) is 4.60. The van der Waals surface area contributed by atoms with Crippen molar-refractivity contribution in [1.29, 1.82) is 0 Å². The summed E-state index contributed by atoms with van der Waals surface area (Å²) in [7, 11) is 0. The van der Waals surface area contributed by atoms with Gasteiger partial charge >= 0.3 is 0 Å². The van der Waals surface area contributed by atoms with Crippen molar-refractivity contribution in [3.05, 3.63) is 81.5 Å². The van der Waals surface area contributed by atoms with Gasteiger partial charge in [-0.05, 0) is 37.5 Å². The molecule has 0 amide bonds. The van der Waals surface area contributed by atoms with Crippen LogP contribution >= 0.6 is 0 Å². The summed E-state index contributed by atoms with van der Waals surface area (Å²) < 4.78 is 12.7. The second-order valence-corrected chi connectivity index (χ2v) is 7.71. The van der Waals surface area contributed by atoms with Crippen molar-refractivity contribution in [3.8, 4) is 0 Å². The van der Waals surface area contributed by atoms with Crippen LogP contribution in [0.4, 0.5) is 0 Å². The molecule has 0 unspecified atom stereocenters. The molecule has 0 aliphatic carbocycles. The van der Waals surface area contributed by atoms with Crippen LogP contribution in [0.1, 0.15) is 46.8 Å². The highest BCUT2D eigenvalue weighted by molar-refractivity contribution is 5.79. The minimum absolute atomic E-state index is 0.0257. The Morgan fingerprint density at radius 2 is 2.00 bits per heavy atom. The Morgan fingerprint density at radius 1 is 1.17 bits per heavy atom. The number of aryl methyl sites for hydroxylation is 2. The van der Waals surface area contributed by atoms with Gasteiger partial charge in [0.25, 0.3) is 5.56 Å². The number of ether oxygens (including phenoxy) is 1.